The summed E-state index contributed by atoms with van der Waals surface area (Å²) in [7, 11) is 0. The summed E-state index contributed by atoms with van der Waals surface area (Å²) in [6, 6.07) is 7.38. The largest absolute Gasteiger partial charge is 0.490 e. The van der Waals surface area contributed by atoms with E-state index in [4.69, 9.17) is 20.9 Å². The van der Waals surface area contributed by atoms with Crippen LogP contribution in [0.2, 0.25) is 0 Å². The molecule has 0 saturated heterocycles. The van der Waals surface area contributed by atoms with Gasteiger partial charge in [0, 0.05) is 0 Å². The number of hydrogen-bond donors (Lipinski definition) is 2. The second-order valence-electron chi connectivity index (χ2n) is 5.26. The molecule has 5 heteroatoms. The Morgan fingerprint density at radius 1 is 1.30 bits per heavy atom. The molecule has 1 aliphatic carbocycles. The first kappa shape index (κ1) is 14.7. The van der Waals surface area contributed by atoms with E-state index in [0.29, 0.717) is 18.1 Å². The summed E-state index contributed by atoms with van der Waals surface area (Å²) in [5.41, 5.74) is 10.4. The van der Waals surface area contributed by atoms with Crippen molar-refractivity contribution in [3.8, 4) is 11.5 Å². The number of para-hydroxylation sites is 2. The van der Waals surface area contributed by atoms with Gasteiger partial charge in [-0.05, 0) is 37.3 Å². The monoisotopic (exact) mass is 278 g/mol. The second-order valence-corrected chi connectivity index (χ2v) is 5.26. The Labute approximate surface area is 119 Å². The maximum atomic E-state index is 11.6. The number of ether oxygens (including phenoxy) is 2. The van der Waals surface area contributed by atoms with Gasteiger partial charge in [-0.3, -0.25) is 4.79 Å². The molecule has 1 unspecified atom stereocenters. The molecule has 0 spiro atoms. The van der Waals surface area contributed by atoms with E-state index in [2.05, 4.69) is 0 Å². The van der Waals surface area contributed by atoms with Gasteiger partial charge in [0.2, 0.25) is 5.91 Å². The van der Waals surface area contributed by atoms with Crippen molar-refractivity contribution in [2.24, 2.45) is 17.4 Å². The van der Waals surface area contributed by atoms with Crippen molar-refractivity contribution in [2.75, 3.05) is 13.2 Å². The van der Waals surface area contributed by atoms with Gasteiger partial charge in [-0.25, -0.2) is 0 Å². The van der Waals surface area contributed by atoms with Gasteiger partial charge in [-0.1, -0.05) is 19.1 Å². The van der Waals surface area contributed by atoms with E-state index in [9.17, 15) is 4.79 Å². The summed E-state index contributed by atoms with van der Waals surface area (Å²) >= 11 is 0. The standard InChI is InChI=1S/C15H22N2O3/c1-2-9-19-12-5-3-4-6-13(12)20-10-15(17,14(16)18)11-7-8-11/h3-6,11H,2,7-10,17H2,1H3,(H2,16,18). The topological polar surface area (TPSA) is 87.6 Å². The number of carbonyl (C=O) groups excluding carboxylic acids is 1. The third kappa shape index (κ3) is 3.22. The molecule has 1 aromatic rings. The lowest BCUT2D eigenvalue weighted by molar-refractivity contribution is -0.125. The van der Waals surface area contributed by atoms with Crippen LogP contribution in [0.15, 0.2) is 24.3 Å². The summed E-state index contributed by atoms with van der Waals surface area (Å²) in [6.45, 7) is 2.74. The van der Waals surface area contributed by atoms with Crippen molar-refractivity contribution >= 4 is 5.91 Å². The number of nitrogens with two attached hydrogens (primary N) is 2. The van der Waals surface area contributed by atoms with Crippen LogP contribution in [0.3, 0.4) is 0 Å². The molecule has 0 bridgehead atoms. The van der Waals surface area contributed by atoms with Gasteiger partial charge in [0.15, 0.2) is 11.5 Å². The third-order valence-electron chi connectivity index (χ3n) is 3.54. The van der Waals surface area contributed by atoms with Gasteiger partial charge in [-0.2, -0.15) is 0 Å². The summed E-state index contributed by atoms with van der Waals surface area (Å²) in [5.74, 6) is 0.880. The first-order chi connectivity index (χ1) is 9.58. The van der Waals surface area contributed by atoms with Crippen LogP contribution in [-0.4, -0.2) is 24.7 Å². The van der Waals surface area contributed by atoms with E-state index in [0.717, 1.165) is 19.3 Å². The zero-order valence-electron chi connectivity index (χ0n) is 11.8. The van der Waals surface area contributed by atoms with Crippen molar-refractivity contribution in [1.82, 2.24) is 0 Å². The normalized spacial score (nSPS) is 17.3. The first-order valence-electron chi connectivity index (χ1n) is 7.01. The minimum atomic E-state index is -1.09. The lowest BCUT2D eigenvalue weighted by atomic mass is 9.95. The van der Waals surface area contributed by atoms with E-state index in [1.807, 2.05) is 25.1 Å². The van der Waals surface area contributed by atoms with Crippen molar-refractivity contribution in [1.29, 1.82) is 0 Å². The van der Waals surface area contributed by atoms with E-state index in [1.54, 1.807) is 6.07 Å². The molecule has 2 rings (SSSR count). The molecule has 1 atom stereocenters. The SMILES string of the molecule is CCCOc1ccccc1OCC(N)(C(N)=O)C1CC1. The van der Waals surface area contributed by atoms with Gasteiger partial charge in [0.25, 0.3) is 0 Å². The van der Waals surface area contributed by atoms with Crippen molar-refractivity contribution < 1.29 is 14.3 Å². The first-order valence-corrected chi connectivity index (χ1v) is 7.01. The number of carbonyl (C=O) groups is 1. The Kier molecular flexibility index (Phi) is 4.49. The van der Waals surface area contributed by atoms with Gasteiger partial charge >= 0.3 is 0 Å². The average molecular weight is 278 g/mol. The fraction of sp³-hybridized carbons (Fsp3) is 0.533. The number of primary amides is 1. The molecule has 0 aliphatic heterocycles. The summed E-state index contributed by atoms with van der Waals surface area (Å²) in [5, 5.41) is 0. The highest BCUT2D eigenvalue weighted by Gasteiger charge is 2.47. The van der Waals surface area contributed by atoms with Crippen molar-refractivity contribution in [3.05, 3.63) is 24.3 Å². The molecule has 0 heterocycles. The Hall–Kier alpha value is -1.75. The van der Waals surface area contributed by atoms with E-state index in [-0.39, 0.29) is 12.5 Å². The number of hydrogen-bond acceptors (Lipinski definition) is 4. The highest BCUT2D eigenvalue weighted by atomic mass is 16.5. The fourth-order valence-electron chi connectivity index (χ4n) is 2.09. The summed E-state index contributed by atoms with van der Waals surface area (Å²) < 4.78 is 11.3. The minimum absolute atomic E-state index is 0.0828. The highest BCUT2D eigenvalue weighted by Crippen LogP contribution is 2.39. The molecule has 5 nitrogen and oxygen atoms in total. The van der Waals surface area contributed by atoms with E-state index in [1.165, 1.54) is 0 Å². The number of rotatable bonds is 8. The Morgan fingerprint density at radius 3 is 2.40 bits per heavy atom. The van der Waals surface area contributed by atoms with Crippen LogP contribution in [0.1, 0.15) is 26.2 Å². The summed E-state index contributed by atoms with van der Waals surface area (Å²) in [6.07, 6.45) is 2.77. The molecule has 110 valence electrons. The number of amides is 1. The molecule has 4 N–H and O–H groups in total. The second kappa shape index (κ2) is 6.13. The van der Waals surface area contributed by atoms with Crippen LogP contribution in [0.4, 0.5) is 0 Å². The molecule has 20 heavy (non-hydrogen) atoms. The average Bonchev–Trinajstić information content (AvgIpc) is 3.28. The maximum absolute atomic E-state index is 11.6. The molecule has 1 amide bonds. The quantitative estimate of drug-likeness (QED) is 0.753. The van der Waals surface area contributed by atoms with Crippen LogP contribution < -0.4 is 20.9 Å². The van der Waals surface area contributed by atoms with Crippen molar-refractivity contribution in [3.63, 3.8) is 0 Å². The van der Waals surface area contributed by atoms with Crippen LogP contribution in [0.25, 0.3) is 0 Å². The highest BCUT2D eigenvalue weighted by molar-refractivity contribution is 5.85. The van der Waals surface area contributed by atoms with Gasteiger partial charge in [0.05, 0.1) is 6.61 Å². The third-order valence-corrected chi connectivity index (χ3v) is 3.54. The maximum Gasteiger partial charge on any atom is 0.241 e. The zero-order chi connectivity index (χ0) is 14.6. The molecule has 1 aromatic carbocycles. The molecule has 0 aromatic heterocycles. The van der Waals surface area contributed by atoms with Gasteiger partial charge < -0.3 is 20.9 Å². The smallest absolute Gasteiger partial charge is 0.241 e. The lowest BCUT2D eigenvalue weighted by Crippen LogP contribution is -2.58. The Bertz CT molecular complexity index is 474. The van der Waals surface area contributed by atoms with Gasteiger partial charge in [-0.15, -0.1) is 0 Å². The molecular formula is C15H22N2O3. The summed E-state index contributed by atoms with van der Waals surface area (Å²) in [4.78, 5) is 11.6. The minimum Gasteiger partial charge on any atom is -0.490 e. The molecule has 0 radical (unpaired) electrons. The predicted octanol–water partition coefficient (Wildman–Crippen LogP) is 1.45. The Morgan fingerprint density at radius 2 is 1.90 bits per heavy atom. The molecule has 1 saturated carbocycles. The molecule has 1 fully saturated rings. The zero-order valence-corrected chi connectivity index (χ0v) is 11.8. The number of benzene rings is 1. The van der Waals surface area contributed by atoms with E-state index < -0.39 is 11.4 Å². The van der Waals surface area contributed by atoms with Crippen LogP contribution in [0, 0.1) is 5.92 Å². The van der Waals surface area contributed by atoms with Crippen LogP contribution in [-0.2, 0) is 4.79 Å². The van der Waals surface area contributed by atoms with Crippen LogP contribution in [0.5, 0.6) is 11.5 Å². The molecule has 1 aliphatic rings. The fourth-order valence-corrected chi connectivity index (χ4v) is 2.09. The predicted molar refractivity (Wildman–Crippen MR) is 76.6 cm³/mol. The van der Waals surface area contributed by atoms with Crippen molar-refractivity contribution in [2.45, 2.75) is 31.7 Å². The van der Waals surface area contributed by atoms with Crippen LogP contribution >= 0.6 is 0 Å². The van der Waals surface area contributed by atoms with Gasteiger partial charge in [0.1, 0.15) is 12.1 Å². The molecular weight excluding hydrogens is 256 g/mol. The van der Waals surface area contributed by atoms with E-state index >= 15 is 0 Å². The lowest BCUT2D eigenvalue weighted by Gasteiger charge is -2.26. The Balaban J connectivity index is 2.04.